The molecule has 4 nitrogen and oxygen atoms in total. The Morgan fingerprint density at radius 3 is 2.65 bits per heavy atom. The Hall–Kier alpha value is -1.43. The number of sulfonamides is 1. The largest absolute Gasteiger partial charge is 0.315 e. The van der Waals surface area contributed by atoms with Gasteiger partial charge in [-0.2, -0.15) is 4.31 Å². The Morgan fingerprint density at radius 2 is 1.90 bits per heavy atom. The lowest BCUT2D eigenvalue weighted by molar-refractivity contribution is 0.388. The average molecular weight is 290 g/mol. The predicted octanol–water partition coefficient (Wildman–Crippen LogP) is 1.82. The van der Waals surface area contributed by atoms with Gasteiger partial charge >= 0.3 is 0 Å². The lowest BCUT2D eigenvalue weighted by Crippen LogP contribution is -2.38. The second-order valence-corrected chi connectivity index (χ2v) is 7.11. The van der Waals surface area contributed by atoms with Gasteiger partial charge in [-0.3, -0.25) is 0 Å². The van der Waals surface area contributed by atoms with Gasteiger partial charge in [0, 0.05) is 25.0 Å². The van der Waals surface area contributed by atoms with Crippen LogP contribution in [0.3, 0.4) is 0 Å². The number of nitrogens with one attached hydrogen (secondary N) is 1. The molecule has 1 aliphatic heterocycles. The summed E-state index contributed by atoms with van der Waals surface area (Å²) in [5, 5.41) is 4.94. The summed E-state index contributed by atoms with van der Waals surface area (Å²) in [4.78, 5) is 0.394. The molecular formula is C15H18N2O2S. The van der Waals surface area contributed by atoms with Gasteiger partial charge in [-0.15, -0.1) is 0 Å². The van der Waals surface area contributed by atoms with Crippen LogP contribution in [-0.2, 0) is 10.0 Å². The average Bonchev–Trinajstić information content (AvgIpc) is 2.99. The first-order chi connectivity index (χ1) is 9.60. The van der Waals surface area contributed by atoms with Crippen molar-refractivity contribution in [3.63, 3.8) is 0 Å². The first kappa shape index (κ1) is 13.5. The summed E-state index contributed by atoms with van der Waals surface area (Å²) < 4.78 is 27.2. The van der Waals surface area contributed by atoms with E-state index in [1.807, 2.05) is 30.3 Å². The molecule has 1 aliphatic rings. The van der Waals surface area contributed by atoms with Crippen LogP contribution in [0.5, 0.6) is 0 Å². The topological polar surface area (TPSA) is 49.4 Å². The van der Waals surface area contributed by atoms with E-state index in [1.54, 1.807) is 19.2 Å². The normalized spacial score (nSPS) is 19.8. The standard InChI is InChI=1S/C15H18N2O2S/c1-17(13-9-10-16-11-13)20(18,19)15-8-4-6-12-5-2-3-7-14(12)15/h2-8,13,16H,9-11H2,1H3. The summed E-state index contributed by atoms with van der Waals surface area (Å²) in [5.74, 6) is 0. The Bertz CT molecular complexity index is 716. The molecule has 0 aromatic heterocycles. The molecule has 0 bridgehead atoms. The molecule has 1 fully saturated rings. The van der Waals surface area contributed by atoms with Crippen LogP contribution >= 0.6 is 0 Å². The molecule has 0 spiro atoms. The van der Waals surface area contributed by atoms with Gasteiger partial charge in [-0.25, -0.2) is 8.42 Å². The molecular weight excluding hydrogens is 272 g/mol. The molecule has 3 rings (SSSR count). The Morgan fingerprint density at radius 1 is 1.15 bits per heavy atom. The van der Waals surface area contributed by atoms with Crippen molar-refractivity contribution in [3.05, 3.63) is 42.5 Å². The Labute approximate surface area is 119 Å². The van der Waals surface area contributed by atoms with Crippen molar-refractivity contribution in [2.45, 2.75) is 17.4 Å². The predicted molar refractivity (Wildman–Crippen MR) is 80.2 cm³/mol. The van der Waals surface area contributed by atoms with Gasteiger partial charge in [0.2, 0.25) is 10.0 Å². The third-order valence-corrected chi connectivity index (χ3v) is 5.92. The van der Waals surface area contributed by atoms with Crippen molar-refractivity contribution in [2.75, 3.05) is 20.1 Å². The van der Waals surface area contributed by atoms with Crippen LogP contribution in [-0.4, -0.2) is 38.9 Å². The summed E-state index contributed by atoms with van der Waals surface area (Å²) in [6.45, 7) is 1.60. The maximum absolute atomic E-state index is 12.8. The van der Waals surface area contributed by atoms with Gasteiger partial charge in [0.05, 0.1) is 4.90 Å². The van der Waals surface area contributed by atoms with Crippen molar-refractivity contribution < 1.29 is 8.42 Å². The zero-order valence-electron chi connectivity index (χ0n) is 11.4. The minimum atomic E-state index is -3.46. The fourth-order valence-electron chi connectivity index (χ4n) is 2.72. The second kappa shape index (κ2) is 5.16. The van der Waals surface area contributed by atoms with E-state index in [0.29, 0.717) is 4.90 Å². The molecule has 0 aliphatic carbocycles. The van der Waals surface area contributed by atoms with Gasteiger partial charge in [0.1, 0.15) is 0 Å². The molecule has 106 valence electrons. The summed E-state index contributed by atoms with van der Waals surface area (Å²) >= 11 is 0. The SMILES string of the molecule is CN(C1CCNC1)S(=O)(=O)c1cccc2ccccc12. The summed E-state index contributed by atoms with van der Waals surface area (Å²) in [6.07, 6.45) is 0.862. The van der Waals surface area contributed by atoms with E-state index in [4.69, 9.17) is 0 Å². The van der Waals surface area contributed by atoms with Crippen LogP contribution in [0.4, 0.5) is 0 Å². The van der Waals surface area contributed by atoms with E-state index in [9.17, 15) is 8.42 Å². The molecule has 1 N–H and O–H groups in total. The molecule has 1 heterocycles. The fourth-order valence-corrected chi connectivity index (χ4v) is 4.32. The number of likely N-dealkylation sites (N-methyl/N-ethyl adjacent to an activating group) is 1. The number of rotatable bonds is 3. The van der Waals surface area contributed by atoms with E-state index in [-0.39, 0.29) is 6.04 Å². The number of nitrogens with zero attached hydrogens (tertiary/aromatic N) is 1. The third-order valence-electron chi connectivity index (χ3n) is 3.96. The highest BCUT2D eigenvalue weighted by atomic mass is 32.2. The summed E-state index contributed by atoms with van der Waals surface area (Å²) in [5.41, 5.74) is 0. The van der Waals surface area contributed by atoms with Gasteiger partial charge in [-0.05, 0) is 24.4 Å². The molecule has 20 heavy (non-hydrogen) atoms. The number of hydrogen-bond acceptors (Lipinski definition) is 3. The van der Waals surface area contributed by atoms with E-state index in [1.165, 1.54) is 4.31 Å². The van der Waals surface area contributed by atoms with E-state index in [2.05, 4.69) is 5.32 Å². The van der Waals surface area contributed by atoms with Gasteiger partial charge < -0.3 is 5.32 Å². The zero-order chi connectivity index (χ0) is 14.2. The zero-order valence-corrected chi connectivity index (χ0v) is 12.2. The lowest BCUT2D eigenvalue weighted by Gasteiger charge is -2.23. The molecule has 0 radical (unpaired) electrons. The Kier molecular flexibility index (Phi) is 3.50. The van der Waals surface area contributed by atoms with E-state index in [0.717, 1.165) is 30.3 Å². The van der Waals surface area contributed by atoms with Gasteiger partial charge in [-0.1, -0.05) is 36.4 Å². The first-order valence-electron chi connectivity index (χ1n) is 6.77. The van der Waals surface area contributed by atoms with Crippen molar-refractivity contribution >= 4 is 20.8 Å². The minimum Gasteiger partial charge on any atom is -0.315 e. The highest BCUT2D eigenvalue weighted by Crippen LogP contribution is 2.26. The molecule has 1 atom stereocenters. The number of hydrogen-bond donors (Lipinski definition) is 1. The van der Waals surface area contributed by atoms with Gasteiger partial charge in [0.25, 0.3) is 0 Å². The molecule has 2 aromatic carbocycles. The highest BCUT2D eigenvalue weighted by Gasteiger charge is 2.30. The first-order valence-corrected chi connectivity index (χ1v) is 8.21. The van der Waals surface area contributed by atoms with E-state index < -0.39 is 10.0 Å². The van der Waals surface area contributed by atoms with E-state index >= 15 is 0 Å². The van der Waals surface area contributed by atoms with Crippen LogP contribution in [0.25, 0.3) is 10.8 Å². The van der Waals surface area contributed by atoms with Crippen LogP contribution in [0, 0.1) is 0 Å². The highest BCUT2D eigenvalue weighted by molar-refractivity contribution is 7.89. The van der Waals surface area contributed by atoms with Crippen LogP contribution < -0.4 is 5.32 Å². The molecule has 2 aromatic rings. The van der Waals surface area contributed by atoms with Crippen LogP contribution in [0.2, 0.25) is 0 Å². The third kappa shape index (κ3) is 2.22. The molecule has 5 heteroatoms. The quantitative estimate of drug-likeness (QED) is 0.938. The molecule has 1 unspecified atom stereocenters. The Balaban J connectivity index is 2.09. The van der Waals surface area contributed by atoms with Crippen molar-refractivity contribution in [1.29, 1.82) is 0 Å². The smallest absolute Gasteiger partial charge is 0.243 e. The van der Waals surface area contributed by atoms with Crippen LogP contribution in [0.1, 0.15) is 6.42 Å². The minimum absolute atomic E-state index is 0.0407. The monoisotopic (exact) mass is 290 g/mol. The molecule has 1 saturated heterocycles. The molecule has 0 amide bonds. The summed E-state index contributed by atoms with van der Waals surface area (Å²) in [6, 6.07) is 13.1. The maximum Gasteiger partial charge on any atom is 0.243 e. The second-order valence-electron chi connectivity index (χ2n) is 5.15. The maximum atomic E-state index is 12.8. The van der Waals surface area contributed by atoms with Gasteiger partial charge in [0.15, 0.2) is 0 Å². The van der Waals surface area contributed by atoms with Crippen molar-refractivity contribution in [1.82, 2.24) is 9.62 Å². The van der Waals surface area contributed by atoms with Crippen molar-refractivity contribution in [3.8, 4) is 0 Å². The number of benzene rings is 2. The lowest BCUT2D eigenvalue weighted by atomic mass is 10.1. The molecule has 0 saturated carbocycles. The van der Waals surface area contributed by atoms with Crippen molar-refractivity contribution in [2.24, 2.45) is 0 Å². The van der Waals surface area contributed by atoms with Crippen LogP contribution in [0.15, 0.2) is 47.4 Å². The summed E-state index contributed by atoms with van der Waals surface area (Å²) in [7, 11) is -1.78. The number of fused-ring (bicyclic) bond motifs is 1. The fraction of sp³-hybridized carbons (Fsp3) is 0.333.